The first-order valence-electron chi connectivity index (χ1n) is 6.86. The van der Waals surface area contributed by atoms with Gasteiger partial charge < -0.3 is 5.73 Å². The van der Waals surface area contributed by atoms with Crippen molar-refractivity contribution in [3.8, 4) is 10.6 Å². The minimum atomic E-state index is 0.537. The van der Waals surface area contributed by atoms with Gasteiger partial charge in [-0.15, -0.1) is 10.2 Å². The average molecular weight is 285 g/mol. The molecule has 0 saturated heterocycles. The van der Waals surface area contributed by atoms with Crippen molar-refractivity contribution in [2.24, 2.45) is 5.73 Å². The predicted molar refractivity (Wildman–Crippen MR) is 78.6 cm³/mol. The van der Waals surface area contributed by atoms with Gasteiger partial charge in [-0.2, -0.15) is 9.61 Å². The highest BCUT2D eigenvalue weighted by molar-refractivity contribution is 7.19. The molecule has 2 aromatic heterocycles. The first kappa shape index (κ1) is 12.0. The van der Waals surface area contributed by atoms with Crippen molar-refractivity contribution in [3.05, 3.63) is 35.7 Å². The number of hydrogen-bond acceptors (Lipinski definition) is 5. The Balaban J connectivity index is 1.78. The van der Waals surface area contributed by atoms with E-state index in [1.165, 1.54) is 19.3 Å². The maximum atomic E-state index is 5.70. The van der Waals surface area contributed by atoms with E-state index in [-0.39, 0.29) is 0 Å². The Kier molecular flexibility index (Phi) is 2.78. The monoisotopic (exact) mass is 285 g/mol. The number of aromatic nitrogens is 4. The molecule has 4 rings (SSSR count). The van der Waals surface area contributed by atoms with Gasteiger partial charge in [0, 0.05) is 18.0 Å². The number of rotatable bonds is 3. The minimum absolute atomic E-state index is 0.537. The summed E-state index contributed by atoms with van der Waals surface area (Å²) in [4.78, 5) is 0.875. The van der Waals surface area contributed by atoms with Crippen LogP contribution in [0.5, 0.6) is 0 Å². The third-order valence-corrected chi connectivity index (χ3v) is 4.84. The van der Waals surface area contributed by atoms with Gasteiger partial charge in [0.25, 0.3) is 0 Å². The maximum Gasteiger partial charge on any atom is 0.234 e. The van der Waals surface area contributed by atoms with Crippen molar-refractivity contribution in [2.45, 2.75) is 31.7 Å². The fourth-order valence-corrected chi connectivity index (χ4v) is 3.34. The summed E-state index contributed by atoms with van der Waals surface area (Å²) in [6, 6.07) is 8.21. The van der Waals surface area contributed by atoms with Crippen LogP contribution < -0.4 is 5.73 Å². The normalized spacial score (nSPS) is 15.7. The van der Waals surface area contributed by atoms with Crippen LogP contribution in [0.3, 0.4) is 0 Å². The molecule has 102 valence electrons. The molecule has 0 bridgehead atoms. The Bertz CT molecular complexity index is 756. The number of fused-ring (bicyclic) bond motifs is 1. The summed E-state index contributed by atoms with van der Waals surface area (Å²) in [5.41, 5.74) is 7.92. The zero-order valence-corrected chi connectivity index (χ0v) is 11.8. The van der Waals surface area contributed by atoms with Crippen molar-refractivity contribution in [3.63, 3.8) is 0 Å². The van der Waals surface area contributed by atoms with E-state index >= 15 is 0 Å². The molecule has 0 spiro atoms. The molecule has 0 amide bonds. The summed E-state index contributed by atoms with van der Waals surface area (Å²) < 4.78 is 1.92. The lowest BCUT2D eigenvalue weighted by atomic mass is 9.85. The molecule has 0 atom stereocenters. The molecule has 20 heavy (non-hydrogen) atoms. The van der Waals surface area contributed by atoms with Crippen LogP contribution in [0.15, 0.2) is 24.3 Å². The van der Waals surface area contributed by atoms with Gasteiger partial charge in [-0.25, -0.2) is 0 Å². The maximum absolute atomic E-state index is 5.70. The molecule has 3 aromatic rings. The second-order valence-electron chi connectivity index (χ2n) is 5.19. The Labute approximate surface area is 120 Å². The summed E-state index contributed by atoms with van der Waals surface area (Å²) in [7, 11) is 0. The van der Waals surface area contributed by atoms with E-state index in [9.17, 15) is 0 Å². The Morgan fingerprint density at radius 1 is 1.30 bits per heavy atom. The highest BCUT2D eigenvalue weighted by Crippen LogP contribution is 2.36. The van der Waals surface area contributed by atoms with E-state index < -0.39 is 0 Å². The number of nitrogens with zero attached hydrogens (tertiary/aromatic N) is 4. The fraction of sp³-hybridized carbons (Fsp3) is 0.357. The molecule has 6 heteroatoms. The zero-order valence-electron chi connectivity index (χ0n) is 11.0. The lowest BCUT2D eigenvalue weighted by molar-refractivity contribution is 0.395. The molecule has 2 N–H and O–H groups in total. The number of nitrogens with two attached hydrogens (primary N) is 1. The van der Waals surface area contributed by atoms with Crippen molar-refractivity contribution in [1.29, 1.82) is 0 Å². The molecule has 1 aliphatic carbocycles. The molecule has 0 radical (unpaired) electrons. The topological polar surface area (TPSA) is 69.1 Å². The van der Waals surface area contributed by atoms with Crippen molar-refractivity contribution in [1.82, 2.24) is 19.8 Å². The minimum Gasteiger partial charge on any atom is -0.326 e. The third-order valence-electron chi connectivity index (χ3n) is 3.89. The van der Waals surface area contributed by atoms with Gasteiger partial charge in [0.2, 0.25) is 4.96 Å². The Hall–Kier alpha value is -1.79. The zero-order chi connectivity index (χ0) is 13.5. The van der Waals surface area contributed by atoms with Crippen LogP contribution in [-0.2, 0) is 6.54 Å². The van der Waals surface area contributed by atoms with E-state index in [1.807, 2.05) is 16.6 Å². The van der Waals surface area contributed by atoms with Crippen molar-refractivity contribution >= 4 is 16.3 Å². The quantitative estimate of drug-likeness (QED) is 0.803. The van der Waals surface area contributed by atoms with E-state index in [2.05, 4.69) is 22.3 Å². The molecular weight excluding hydrogens is 270 g/mol. The molecule has 0 aliphatic heterocycles. The Morgan fingerprint density at radius 3 is 2.95 bits per heavy atom. The van der Waals surface area contributed by atoms with Crippen LogP contribution >= 0.6 is 11.3 Å². The summed E-state index contributed by atoms with van der Waals surface area (Å²) >= 11 is 1.58. The SMILES string of the molecule is NCc1cccc(-c2nn3c(C4CCC4)nnc3s2)c1. The lowest BCUT2D eigenvalue weighted by Gasteiger charge is -2.22. The average Bonchev–Trinajstić information content (AvgIpc) is 2.99. The van der Waals surface area contributed by atoms with Gasteiger partial charge in [0.1, 0.15) is 5.01 Å². The van der Waals surface area contributed by atoms with Crippen LogP contribution in [0, 0.1) is 0 Å². The summed E-state index contributed by atoms with van der Waals surface area (Å²) in [5.74, 6) is 1.55. The molecule has 1 aliphatic rings. The summed E-state index contributed by atoms with van der Waals surface area (Å²) in [6.45, 7) is 0.547. The smallest absolute Gasteiger partial charge is 0.234 e. The standard InChI is InChI=1S/C14H15N5S/c15-8-9-3-1-6-11(7-9)13-18-19-12(10-4-2-5-10)16-17-14(19)20-13/h1,3,6-7,10H,2,4-5,8,15H2. The molecule has 2 heterocycles. The van der Waals surface area contributed by atoms with Crippen LogP contribution in [0.4, 0.5) is 0 Å². The molecule has 1 saturated carbocycles. The van der Waals surface area contributed by atoms with Crippen LogP contribution in [-0.4, -0.2) is 19.8 Å². The van der Waals surface area contributed by atoms with Gasteiger partial charge in [-0.1, -0.05) is 36.0 Å². The summed E-state index contributed by atoms with van der Waals surface area (Å²) in [5, 5.41) is 14.2. The van der Waals surface area contributed by atoms with Gasteiger partial charge in [-0.05, 0) is 24.5 Å². The van der Waals surface area contributed by atoms with E-state index in [0.29, 0.717) is 12.5 Å². The van der Waals surface area contributed by atoms with E-state index in [4.69, 9.17) is 10.8 Å². The van der Waals surface area contributed by atoms with Crippen LogP contribution in [0.25, 0.3) is 15.5 Å². The Morgan fingerprint density at radius 2 is 2.20 bits per heavy atom. The molecule has 5 nitrogen and oxygen atoms in total. The van der Waals surface area contributed by atoms with Crippen molar-refractivity contribution in [2.75, 3.05) is 0 Å². The number of hydrogen-bond donors (Lipinski definition) is 1. The molecule has 0 unspecified atom stereocenters. The molecule has 1 aromatic carbocycles. The van der Waals surface area contributed by atoms with Crippen molar-refractivity contribution < 1.29 is 0 Å². The van der Waals surface area contributed by atoms with E-state index in [1.54, 1.807) is 11.3 Å². The highest BCUT2D eigenvalue weighted by atomic mass is 32.1. The second kappa shape index (κ2) is 4.64. The molecular formula is C14H15N5S. The highest BCUT2D eigenvalue weighted by Gasteiger charge is 2.26. The van der Waals surface area contributed by atoms with Gasteiger partial charge in [-0.3, -0.25) is 0 Å². The third kappa shape index (κ3) is 1.83. The van der Waals surface area contributed by atoms with Gasteiger partial charge >= 0.3 is 0 Å². The summed E-state index contributed by atoms with van der Waals surface area (Å²) in [6.07, 6.45) is 3.70. The fourth-order valence-electron chi connectivity index (χ4n) is 2.50. The van der Waals surface area contributed by atoms with E-state index in [0.717, 1.165) is 26.9 Å². The first-order chi connectivity index (χ1) is 9.85. The predicted octanol–water partition coefficient (Wildman–Crippen LogP) is 2.58. The van der Waals surface area contributed by atoms with Gasteiger partial charge in [0.15, 0.2) is 5.82 Å². The second-order valence-corrected chi connectivity index (χ2v) is 6.15. The number of benzene rings is 1. The molecule has 1 fully saturated rings. The van der Waals surface area contributed by atoms with Gasteiger partial charge in [0.05, 0.1) is 0 Å². The first-order valence-corrected chi connectivity index (χ1v) is 7.68. The largest absolute Gasteiger partial charge is 0.326 e. The van der Waals surface area contributed by atoms with Crippen LogP contribution in [0.1, 0.15) is 36.6 Å². The van der Waals surface area contributed by atoms with Crippen LogP contribution in [0.2, 0.25) is 0 Å². The lowest BCUT2D eigenvalue weighted by Crippen LogP contribution is -2.12.